The highest BCUT2D eigenvalue weighted by molar-refractivity contribution is 9.10. The maximum Gasteiger partial charge on any atom is 0.356 e. The molecule has 0 amide bonds. The molecule has 0 aliphatic rings. The van der Waals surface area contributed by atoms with Crippen molar-refractivity contribution in [2.45, 2.75) is 32.7 Å². The number of aromatic carboxylic acids is 1. The van der Waals surface area contributed by atoms with Crippen LogP contribution in [0.5, 0.6) is 0 Å². The molecule has 0 atom stereocenters. The van der Waals surface area contributed by atoms with E-state index in [1.54, 1.807) is 10.7 Å². The van der Waals surface area contributed by atoms with E-state index in [1.165, 1.54) is 5.56 Å². The van der Waals surface area contributed by atoms with Gasteiger partial charge in [0.05, 0.1) is 0 Å². The fourth-order valence-corrected chi connectivity index (χ4v) is 2.55. The van der Waals surface area contributed by atoms with E-state index in [0.29, 0.717) is 6.54 Å². The van der Waals surface area contributed by atoms with E-state index in [0.717, 1.165) is 16.6 Å². The molecule has 0 saturated carbocycles. The molecular weight excluding hydrogens is 320 g/mol. The van der Waals surface area contributed by atoms with Gasteiger partial charge in [-0.1, -0.05) is 41.9 Å². The summed E-state index contributed by atoms with van der Waals surface area (Å²) in [5.41, 5.74) is 2.27. The maximum absolute atomic E-state index is 11.0. The third-order valence-electron chi connectivity index (χ3n) is 3.12. The largest absolute Gasteiger partial charge is 0.476 e. The molecule has 0 radical (unpaired) electrons. The zero-order valence-electron chi connectivity index (χ0n) is 11.5. The molecule has 5 heteroatoms. The highest BCUT2D eigenvalue weighted by Crippen LogP contribution is 2.18. The number of carbonyl (C=O) groups is 1. The van der Waals surface area contributed by atoms with Crippen LogP contribution in [0.2, 0.25) is 0 Å². The second kappa shape index (κ2) is 6.22. The SMILES string of the molecule is CC(C)c1cc(C(=O)O)nn1CCc1cccc(Br)c1. The third-order valence-corrected chi connectivity index (χ3v) is 3.62. The summed E-state index contributed by atoms with van der Waals surface area (Å²) in [6.07, 6.45) is 0.819. The van der Waals surface area contributed by atoms with Crippen LogP contribution < -0.4 is 0 Å². The Morgan fingerprint density at radius 1 is 1.40 bits per heavy atom. The Morgan fingerprint density at radius 3 is 2.75 bits per heavy atom. The van der Waals surface area contributed by atoms with Gasteiger partial charge in [-0.2, -0.15) is 5.10 Å². The molecule has 4 nitrogen and oxygen atoms in total. The minimum Gasteiger partial charge on any atom is -0.476 e. The number of benzene rings is 1. The van der Waals surface area contributed by atoms with Gasteiger partial charge in [0.1, 0.15) is 0 Å². The second-order valence-corrected chi connectivity index (χ2v) is 5.93. The second-order valence-electron chi connectivity index (χ2n) is 5.02. The van der Waals surface area contributed by atoms with Crippen molar-refractivity contribution >= 4 is 21.9 Å². The van der Waals surface area contributed by atoms with Crippen LogP contribution in [0.25, 0.3) is 0 Å². The van der Waals surface area contributed by atoms with Gasteiger partial charge in [0.25, 0.3) is 0 Å². The Kier molecular flexibility index (Phi) is 4.60. The van der Waals surface area contributed by atoms with E-state index in [1.807, 2.05) is 26.0 Å². The highest BCUT2D eigenvalue weighted by atomic mass is 79.9. The molecule has 0 aliphatic carbocycles. The first-order valence-electron chi connectivity index (χ1n) is 6.53. The Balaban J connectivity index is 2.18. The van der Waals surface area contributed by atoms with Crippen LogP contribution in [0.15, 0.2) is 34.8 Å². The lowest BCUT2D eigenvalue weighted by Crippen LogP contribution is -2.09. The number of carboxylic acids is 1. The smallest absolute Gasteiger partial charge is 0.356 e. The van der Waals surface area contributed by atoms with E-state index in [-0.39, 0.29) is 11.6 Å². The first-order valence-corrected chi connectivity index (χ1v) is 7.32. The molecule has 2 rings (SSSR count). The van der Waals surface area contributed by atoms with Gasteiger partial charge < -0.3 is 5.11 Å². The lowest BCUT2D eigenvalue weighted by molar-refractivity contribution is 0.0689. The number of halogens is 1. The molecule has 0 saturated heterocycles. The van der Waals surface area contributed by atoms with Crippen molar-refractivity contribution in [1.82, 2.24) is 9.78 Å². The maximum atomic E-state index is 11.0. The average Bonchev–Trinajstić information content (AvgIpc) is 2.81. The van der Waals surface area contributed by atoms with E-state index >= 15 is 0 Å². The number of nitrogens with zero attached hydrogens (tertiary/aromatic N) is 2. The number of aromatic nitrogens is 2. The molecule has 1 aromatic heterocycles. The normalized spacial score (nSPS) is 11.0. The molecule has 20 heavy (non-hydrogen) atoms. The van der Waals surface area contributed by atoms with Gasteiger partial charge in [0.15, 0.2) is 5.69 Å². The fourth-order valence-electron chi connectivity index (χ4n) is 2.11. The van der Waals surface area contributed by atoms with Crippen LogP contribution in [-0.2, 0) is 13.0 Å². The van der Waals surface area contributed by atoms with Crippen molar-refractivity contribution in [2.75, 3.05) is 0 Å². The first-order chi connectivity index (χ1) is 9.47. The molecule has 1 aromatic carbocycles. The van der Waals surface area contributed by atoms with Crippen molar-refractivity contribution in [1.29, 1.82) is 0 Å². The van der Waals surface area contributed by atoms with E-state index < -0.39 is 5.97 Å². The van der Waals surface area contributed by atoms with Gasteiger partial charge in [0.2, 0.25) is 0 Å². The predicted molar refractivity (Wildman–Crippen MR) is 81.1 cm³/mol. The van der Waals surface area contributed by atoms with Crippen LogP contribution in [0.1, 0.15) is 41.5 Å². The minimum absolute atomic E-state index is 0.114. The molecule has 1 heterocycles. The quantitative estimate of drug-likeness (QED) is 0.905. The zero-order valence-corrected chi connectivity index (χ0v) is 13.1. The van der Waals surface area contributed by atoms with E-state index in [4.69, 9.17) is 5.11 Å². The summed E-state index contributed by atoms with van der Waals surface area (Å²) in [7, 11) is 0. The van der Waals surface area contributed by atoms with Crippen molar-refractivity contribution in [3.63, 3.8) is 0 Å². The molecular formula is C15H17BrN2O2. The van der Waals surface area contributed by atoms with Gasteiger partial charge in [-0.3, -0.25) is 4.68 Å². The summed E-state index contributed by atoms with van der Waals surface area (Å²) < 4.78 is 2.85. The number of aryl methyl sites for hydroxylation is 2. The van der Waals surface area contributed by atoms with E-state index in [2.05, 4.69) is 33.2 Å². The van der Waals surface area contributed by atoms with Gasteiger partial charge in [-0.05, 0) is 36.1 Å². The summed E-state index contributed by atoms with van der Waals surface area (Å²) in [5, 5.41) is 13.2. The molecule has 106 valence electrons. The Labute approximate surface area is 126 Å². The molecule has 0 fully saturated rings. The predicted octanol–water partition coefficient (Wildman–Crippen LogP) is 3.71. The monoisotopic (exact) mass is 336 g/mol. The lowest BCUT2D eigenvalue weighted by Gasteiger charge is -2.10. The van der Waals surface area contributed by atoms with Gasteiger partial charge in [-0.25, -0.2) is 4.79 Å². The fraction of sp³-hybridized carbons (Fsp3) is 0.333. The van der Waals surface area contributed by atoms with Crippen LogP contribution in [0.3, 0.4) is 0 Å². The number of hydrogen-bond acceptors (Lipinski definition) is 2. The van der Waals surface area contributed by atoms with E-state index in [9.17, 15) is 4.79 Å². The zero-order chi connectivity index (χ0) is 14.7. The summed E-state index contributed by atoms with van der Waals surface area (Å²) in [6.45, 7) is 4.76. The number of rotatable bonds is 5. The number of carboxylic acid groups (broad SMARTS) is 1. The summed E-state index contributed by atoms with van der Waals surface area (Å²) in [5.74, 6) is -0.730. The standard InChI is InChI=1S/C15H17BrN2O2/c1-10(2)14-9-13(15(19)20)17-18(14)7-6-11-4-3-5-12(16)8-11/h3-5,8-10H,6-7H2,1-2H3,(H,19,20). The van der Waals surface area contributed by atoms with Crippen LogP contribution in [0.4, 0.5) is 0 Å². The molecule has 1 N–H and O–H groups in total. The summed E-state index contributed by atoms with van der Waals surface area (Å²) >= 11 is 3.45. The minimum atomic E-state index is -0.979. The van der Waals surface area contributed by atoms with Crippen LogP contribution in [0, 0.1) is 0 Å². The van der Waals surface area contributed by atoms with Crippen LogP contribution in [-0.4, -0.2) is 20.9 Å². The molecule has 0 spiro atoms. The van der Waals surface area contributed by atoms with Crippen molar-refractivity contribution in [3.8, 4) is 0 Å². The van der Waals surface area contributed by atoms with Gasteiger partial charge in [0, 0.05) is 16.7 Å². The van der Waals surface area contributed by atoms with Crippen molar-refractivity contribution < 1.29 is 9.90 Å². The summed E-state index contributed by atoms with van der Waals surface area (Å²) in [6, 6.07) is 9.76. The number of hydrogen-bond donors (Lipinski definition) is 1. The topological polar surface area (TPSA) is 55.1 Å². The Hall–Kier alpha value is -1.62. The molecule has 0 aliphatic heterocycles. The van der Waals surface area contributed by atoms with Crippen molar-refractivity contribution in [3.05, 3.63) is 51.8 Å². The molecule has 0 unspecified atom stereocenters. The first kappa shape index (κ1) is 14.8. The molecule has 0 bridgehead atoms. The third kappa shape index (κ3) is 3.48. The Bertz CT molecular complexity index is 620. The van der Waals surface area contributed by atoms with Crippen LogP contribution >= 0.6 is 15.9 Å². The average molecular weight is 337 g/mol. The summed E-state index contributed by atoms with van der Waals surface area (Å²) in [4.78, 5) is 11.0. The van der Waals surface area contributed by atoms with Crippen molar-refractivity contribution in [2.24, 2.45) is 0 Å². The Morgan fingerprint density at radius 2 is 2.15 bits per heavy atom. The lowest BCUT2D eigenvalue weighted by atomic mass is 10.1. The van der Waals surface area contributed by atoms with Gasteiger partial charge in [-0.15, -0.1) is 0 Å². The van der Waals surface area contributed by atoms with Gasteiger partial charge >= 0.3 is 5.97 Å². The molecule has 2 aromatic rings. The highest BCUT2D eigenvalue weighted by Gasteiger charge is 2.15.